The van der Waals surface area contributed by atoms with Crippen LogP contribution < -0.4 is 5.32 Å². The van der Waals surface area contributed by atoms with Gasteiger partial charge in [0, 0.05) is 32.7 Å². The summed E-state index contributed by atoms with van der Waals surface area (Å²) in [6.07, 6.45) is -0.411. The lowest BCUT2D eigenvalue weighted by Crippen LogP contribution is -2.33. The van der Waals surface area contributed by atoms with Crippen LogP contribution in [0.5, 0.6) is 0 Å². The van der Waals surface area contributed by atoms with Crippen LogP contribution in [0.25, 0.3) is 87.3 Å². The van der Waals surface area contributed by atoms with Crippen LogP contribution in [0.2, 0.25) is 0 Å². The predicted molar refractivity (Wildman–Crippen MR) is 231 cm³/mol. The fraction of sp³-hybridized carbons (Fsp3) is 0.0196. The summed E-state index contributed by atoms with van der Waals surface area (Å²) < 4.78 is 12.6. The Balaban J connectivity index is 1.03. The van der Waals surface area contributed by atoms with E-state index in [4.69, 9.17) is 18.8 Å². The molecular weight excluding hydrogens is 687 g/mol. The molecule has 262 valence electrons. The SMILES string of the molecule is c1ccc2c(c1)ccc1c(-c3ccc(C4N=C(c5cccc6oc7ccccc7c56)N=C(c5cccc6oc7ccccc7c56)N4)cc3)cc3ccccc3c12. The molecule has 3 heterocycles. The van der Waals surface area contributed by atoms with Crippen molar-refractivity contribution in [1.29, 1.82) is 0 Å². The average molecular weight is 718 g/mol. The maximum atomic E-state index is 6.31. The lowest BCUT2D eigenvalue weighted by atomic mass is 9.90. The van der Waals surface area contributed by atoms with Crippen molar-refractivity contribution >= 4 is 87.9 Å². The molecule has 11 aromatic rings. The summed E-state index contributed by atoms with van der Waals surface area (Å²) in [5.41, 5.74) is 8.57. The summed E-state index contributed by atoms with van der Waals surface area (Å²) in [4.78, 5) is 10.6. The van der Waals surface area contributed by atoms with Gasteiger partial charge in [0.1, 0.15) is 34.3 Å². The second-order valence-electron chi connectivity index (χ2n) is 14.5. The molecule has 1 atom stereocenters. The normalized spacial score (nSPS) is 14.6. The molecule has 9 aromatic carbocycles. The molecular formula is C51H31N3O2. The van der Waals surface area contributed by atoms with Crippen LogP contribution in [0.1, 0.15) is 22.9 Å². The molecule has 0 fully saturated rings. The quantitative estimate of drug-likeness (QED) is 0.184. The number of rotatable bonds is 4. The highest BCUT2D eigenvalue weighted by molar-refractivity contribution is 6.26. The number of nitrogens with zero attached hydrogens (tertiary/aromatic N) is 2. The molecule has 1 N–H and O–H groups in total. The van der Waals surface area contributed by atoms with Crippen molar-refractivity contribution in [3.05, 3.63) is 193 Å². The molecule has 1 unspecified atom stereocenters. The van der Waals surface area contributed by atoms with Gasteiger partial charge in [-0.15, -0.1) is 0 Å². The average Bonchev–Trinajstić information content (AvgIpc) is 3.85. The fourth-order valence-electron chi connectivity index (χ4n) is 8.76. The van der Waals surface area contributed by atoms with Crippen molar-refractivity contribution in [3.8, 4) is 11.1 Å². The second kappa shape index (κ2) is 12.0. The van der Waals surface area contributed by atoms with Crippen LogP contribution in [-0.2, 0) is 0 Å². The Morgan fingerprint density at radius 1 is 0.411 bits per heavy atom. The van der Waals surface area contributed by atoms with E-state index in [0.717, 1.165) is 72.0 Å². The molecule has 0 aliphatic carbocycles. The third-order valence-corrected chi connectivity index (χ3v) is 11.3. The van der Waals surface area contributed by atoms with Crippen molar-refractivity contribution in [3.63, 3.8) is 0 Å². The van der Waals surface area contributed by atoms with Crippen molar-refractivity contribution < 1.29 is 8.83 Å². The Bertz CT molecular complexity index is 3440. The zero-order chi connectivity index (χ0) is 36.7. The summed E-state index contributed by atoms with van der Waals surface area (Å²) >= 11 is 0. The van der Waals surface area contributed by atoms with Crippen molar-refractivity contribution in [2.75, 3.05) is 0 Å². The Labute approximate surface area is 320 Å². The zero-order valence-electron chi connectivity index (χ0n) is 30.0. The second-order valence-corrected chi connectivity index (χ2v) is 14.5. The molecule has 5 heteroatoms. The summed E-state index contributed by atoms with van der Waals surface area (Å²) in [5, 5.41) is 15.4. The summed E-state index contributed by atoms with van der Waals surface area (Å²) in [6, 6.07) is 61.7. The van der Waals surface area contributed by atoms with Gasteiger partial charge < -0.3 is 14.2 Å². The first-order valence-electron chi connectivity index (χ1n) is 18.9. The largest absolute Gasteiger partial charge is 0.456 e. The van der Waals surface area contributed by atoms with E-state index in [0.29, 0.717) is 5.84 Å². The lowest BCUT2D eigenvalue weighted by Gasteiger charge is -2.24. The van der Waals surface area contributed by atoms with Crippen LogP contribution in [0.3, 0.4) is 0 Å². The minimum atomic E-state index is -0.411. The van der Waals surface area contributed by atoms with Gasteiger partial charge in [0.05, 0.1) is 0 Å². The van der Waals surface area contributed by atoms with Crippen LogP contribution >= 0.6 is 0 Å². The number of amidine groups is 2. The Kier molecular flexibility index (Phi) is 6.63. The van der Waals surface area contributed by atoms with Crippen LogP contribution in [0, 0.1) is 0 Å². The molecule has 0 spiro atoms. The first kappa shape index (κ1) is 30.9. The van der Waals surface area contributed by atoms with Gasteiger partial charge in [-0.3, -0.25) is 0 Å². The van der Waals surface area contributed by atoms with Crippen LogP contribution in [0.4, 0.5) is 0 Å². The van der Waals surface area contributed by atoms with Crippen LogP contribution in [0.15, 0.2) is 195 Å². The minimum absolute atomic E-state index is 0.411. The number of para-hydroxylation sites is 2. The van der Waals surface area contributed by atoms with E-state index < -0.39 is 6.17 Å². The van der Waals surface area contributed by atoms with Crippen LogP contribution in [-0.4, -0.2) is 11.7 Å². The van der Waals surface area contributed by atoms with Gasteiger partial charge in [-0.25, -0.2) is 9.98 Å². The van der Waals surface area contributed by atoms with E-state index in [2.05, 4.69) is 121 Å². The number of fused-ring (bicyclic) bond motifs is 11. The van der Waals surface area contributed by atoms with Crippen molar-refractivity contribution in [1.82, 2.24) is 5.32 Å². The first-order valence-corrected chi connectivity index (χ1v) is 18.9. The maximum absolute atomic E-state index is 6.31. The summed E-state index contributed by atoms with van der Waals surface area (Å²) in [5.74, 6) is 1.38. The minimum Gasteiger partial charge on any atom is -0.456 e. The zero-order valence-corrected chi connectivity index (χ0v) is 30.0. The summed E-state index contributed by atoms with van der Waals surface area (Å²) in [6.45, 7) is 0. The van der Waals surface area contributed by atoms with Gasteiger partial charge in [0.25, 0.3) is 0 Å². The Morgan fingerprint density at radius 3 is 1.70 bits per heavy atom. The van der Waals surface area contributed by atoms with Gasteiger partial charge in [0.2, 0.25) is 0 Å². The molecule has 12 rings (SSSR count). The third-order valence-electron chi connectivity index (χ3n) is 11.3. The molecule has 5 nitrogen and oxygen atoms in total. The Hall–Kier alpha value is -7.50. The molecule has 56 heavy (non-hydrogen) atoms. The molecule has 0 amide bonds. The molecule has 0 radical (unpaired) electrons. The number of benzene rings is 9. The number of nitrogens with one attached hydrogen (secondary N) is 1. The summed E-state index contributed by atoms with van der Waals surface area (Å²) in [7, 11) is 0. The van der Waals surface area contributed by atoms with E-state index in [9.17, 15) is 0 Å². The topological polar surface area (TPSA) is 63.0 Å². The van der Waals surface area contributed by atoms with E-state index in [1.54, 1.807) is 0 Å². The van der Waals surface area contributed by atoms with E-state index in [1.807, 2.05) is 60.7 Å². The first-order chi connectivity index (χ1) is 27.7. The predicted octanol–water partition coefficient (Wildman–Crippen LogP) is 13.1. The number of aliphatic imine (C=N–C) groups is 2. The van der Waals surface area contributed by atoms with Crippen molar-refractivity contribution in [2.45, 2.75) is 6.17 Å². The molecule has 2 aromatic heterocycles. The number of hydrogen-bond donors (Lipinski definition) is 1. The molecule has 0 saturated carbocycles. The smallest absolute Gasteiger partial charge is 0.160 e. The monoisotopic (exact) mass is 717 g/mol. The number of furan rings is 2. The fourth-order valence-corrected chi connectivity index (χ4v) is 8.76. The highest BCUT2D eigenvalue weighted by Gasteiger charge is 2.26. The van der Waals surface area contributed by atoms with E-state index in [1.165, 1.54) is 37.9 Å². The number of hydrogen-bond acceptors (Lipinski definition) is 5. The molecule has 0 bridgehead atoms. The van der Waals surface area contributed by atoms with Gasteiger partial charge in [-0.1, -0.05) is 146 Å². The van der Waals surface area contributed by atoms with Gasteiger partial charge in [-0.05, 0) is 79.3 Å². The lowest BCUT2D eigenvalue weighted by molar-refractivity contribution is 0.667. The highest BCUT2D eigenvalue weighted by atomic mass is 16.3. The molecule has 0 saturated heterocycles. The van der Waals surface area contributed by atoms with Gasteiger partial charge in [-0.2, -0.15) is 0 Å². The third kappa shape index (κ3) is 4.67. The van der Waals surface area contributed by atoms with Gasteiger partial charge in [0.15, 0.2) is 5.84 Å². The van der Waals surface area contributed by atoms with E-state index >= 15 is 0 Å². The van der Waals surface area contributed by atoms with Crippen molar-refractivity contribution in [2.24, 2.45) is 9.98 Å². The Morgan fingerprint density at radius 2 is 0.982 bits per heavy atom. The standard InChI is InChI=1S/C51H31N3O2/c1-3-13-34-30(11-1)27-28-36-41(29-33-12-2-4-14-35(33)46(34)36)31-23-25-32(26-24-31)49-52-50(39-17-9-21-44-47(39)37-15-5-7-19-42(37)55-44)54-51(53-49)40-18-10-22-45-48(40)38-16-6-8-20-43(38)56-45/h1-29,49H,(H,52,53,54). The maximum Gasteiger partial charge on any atom is 0.160 e. The van der Waals surface area contributed by atoms with Gasteiger partial charge >= 0.3 is 0 Å². The highest BCUT2D eigenvalue weighted by Crippen LogP contribution is 2.40. The molecule has 1 aliphatic rings. The van der Waals surface area contributed by atoms with E-state index in [-0.39, 0.29) is 0 Å². The molecule has 1 aliphatic heterocycles.